The summed E-state index contributed by atoms with van der Waals surface area (Å²) in [6, 6.07) is 9.50. The highest BCUT2D eigenvalue weighted by molar-refractivity contribution is 6.32. The van der Waals surface area contributed by atoms with Crippen molar-refractivity contribution in [3.63, 3.8) is 0 Å². The highest BCUT2D eigenvalue weighted by Gasteiger charge is 2.22. The van der Waals surface area contributed by atoms with Crippen molar-refractivity contribution in [1.29, 1.82) is 0 Å². The third-order valence-corrected chi connectivity index (χ3v) is 4.82. The summed E-state index contributed by atoms with van der Waals surface area (Å²) in [6.07, 6.45) is 0. The monoisotopic (exact) mass is 397 g/mol. The Morgan fingerprint density at radius 2 is 1.81 bits per heavy atom. The number of carbonyl (C=O) groups is 1. The van der Waals surface area contributed by atoms with Gasteiger partial charge in [0, 0.05) is 37.6 Å². The van der Waals surface area contributed by atoms with E-state index in [1.54, 1.807) is 12.0 Å². The Morgan fingerprint density at radius 1 is 1.08 bits per heavy atom. The van der Waals surface area contributed by atoms with Crippen LogP contribution in [-0.2, 0) is 0 Å². The Hall–Kier alpha value is -2.18. The normalized spacial score (nSPS) is 14.3. The molecule has 1 saturated heterocycles. The minimum atomic E-state index is -0.517. The molecule has 0 aliphatic carbocycles. The zero-order valence-corrected chi connectivity index (χ0v) is 15.6. The van der Waals surface area contributed by atoms with Gasteiger partial charge in [0.15, 0.2) is 0 Å². The first-order valence-corrected chi connectivity index (χ1v) is 8.83. The van der Waals surface area contributed by atoms with E-state index in [-0.39, 0.29) is 11.1 Å². The van der Waals surface area contributed by atoms with E-state index in [1.165, 1.54) is 18.2 Å². The predicted molar refractivity (Wildman–Crippen MR) is 102 cm³/mol. The molecule has 2 aromatic rings. The number of urea groups is 1. The van der Waals surface area contributed by atoms with Crippen molar-refractivity contribution in [2.75, 3.05) is 43.5 Å². The van der Waals surface area contributed by atoms with E-state index in [0.717, 1.165) is 5.69 Å². The van der Waals surface area contributed by atoms with Gasteiger partial charge in [-0.25, -0.2) is 9.18 Å². The molecule has 1 heterocycles. The van der Waals surface area contributed by atoms with Gasteiger partial charge in [0.1, 0.15) is 11.6 Å². The molecule has 0 unspecified atom stereocenters. The van der Waals surface area contributed by atoms with E-state index in [9.17, 15) is 9.18 Å². The quantitative estimate of drug-likeness (QED) is 0.829. The Bertz CT molecular complexity index is 811. The lowest BCUT2D eigenvalue weighted by molar-refractivity contribution is 0.208. The van der Waals surface area contributed by atoms with Crippen LogP contribution in [0.1, 0.15) is 0 Å². The van der Waals surface area contributed by atoms with Crippen molar-refractivity contribution in [2.45, 2.75) is 0 Å². The maximum atomic E-state index is 13.2. The van der Waals surface area contributed by atoms with Crippen LogP contribution < -0.4 is 15.0 Å². The van der Waals surface area contributed by atoms with Crippen molar-refractivity contribution < 1.29 is 13.9 Å². The van der Waals surface area contributed by atoms with Crippen LogP contribution in [0.2, 0.25) is 10.0 Å². The lowest BCUT2D eigenvalue weighted by Crippen LogP contribution is -2.50. The van der Waals surface area contributed by atoms with E-state index in [4.69, 9.17) is 27.9 Å². The number of benzene rings is 2. The van der Waals surface area contributed by atoms with Crippen LogP contribution in [0.5, 0.6) is 5.75 Å². The van der Waals surface area contributed by atoms with Gasteiger partial charge in [-0.1, -0.05) is 23.2 Å². The fourth-order valence-corrected chi connectivity index (χ4v) is 3.23. The Morgan fingerprint density at radius 3 is 2.42 bits per heavy atom. The number of methoxy groups -OCH3 is 1. The first-order valence-electron chi connectivity index (χ1n) is 8.07. The molecule has 0 aromatic heterocycles. The summed E-state index contributed by atoms with van der Waals surface area (Å²) in [4.78, 5) is 16.2. The van der Waals surface area contributed by atoms with Gasteiger partial charge in [0.2, 0.25) is 0 Å². The number of nitrogens with zero attached hydrogens (tertiary/aromatic N) is 2. The molecule has 0 radical (unpaired) electrons. The first kappa shape index (κ1) is 18.6. The van der Waals surface area contributed by atoms with Crippen LogP contribution in [0.3, 0.4) is 0 Å². The van der Waals surface area contributed by atoms with Gasteiger partial charge in [0.05, 0.1) is 17.2 Å². The van der Waals surface area contributed by atoms with Crippen LogP contribution in [-0.4, -0.2) is 44.2 Å². The van der Waals surface area contributed by atoms with E-state index in [0.29, 0.717) is 42.6 Å². The molecule has 1 aliphatic heterocycles. The average Bonchev–Trinajstić information content (AvgIpc) is 2.65. The molecule has 0 bridgehead atoms. The van der Waals surface area contributed by atoms with Crippen LogP contribution in [0.25, 0.3) is 0 Å². The molecule has 138 valence electrons. The second-order valence-corrected chi connectivity index (χ2v) is 6.67. The van der Waals surface area contributed by atoms with Crippen molar-refractivity contribution >= 4 is 40.6 Å². The predicted octanol–water partition coefficient (Wildman–Crippen LogP) is 4.50. The zero-order valence-electron chi connectivity index (χ0n) is 14.1. The number of ether oxygens (including phenoxy) is 1. The fraction of sp³-hybridized carbons (Fsp3) is 0.278. The van der Waals surface area contributed by atoms with Crippen molar-refractivity contribution in [3.05, 3.63) is 52.3 Å². The van der Waals surface area contributed by atoms with Gasteiger partial charge in [0.25, 0.3) is 0 Å². The highest BCUT2D eigenvalue weighted by atomic mass is 35.5. The van der Waals surface area contributed by atoms with Crippen LogP contribution in [0, 0.1) is 5.82 Å². The van der Waals surface area contributed by atoms with Crippen molar-refractivity contribution in [3.8, 4) is 5.75 Å². The third-order valence-electron chi connectivity index (χ3n) is 4.24. The number of hydrogen-bond acceptors (Lipinski definition) is 3. The molecule has 0 spiro atoms. The number of rotatable bonds is 3. The summed E-state index contributed by atoms with van der Waals surface area (Å²) in [5.74, 6) is 0.114. The van der Waals surface area contributed by atoms with Gasteiger partial charge < -0.3 is 19.9 Å². The van der Waals surface area contributed by atoms with Crippen molar-refractivity contribution in [1.82, 2.24) is 4.90 Å². The first-order chi connectivity index (χ1) is 12.5. The Labute approximate surface area is 161 Å². The minimum absolute atomic E-state index is 0.0241. The van der Waals surface area contributed by atoms with Crippen molar-refractivity contribution in [2.24, 2.45) is 0 Å². The lowest BCUT2D eigenvalue weighted by atomic mass is 10.2. The SMILES string of the molecule is COc1ccc(N2CCN(C(=O)Nc3ccc(F)c(Cl)c3)CC2)cc1Cl. The number of carbonyl (C=O) groups excluding carboxylic acids is 1. The number of anilines is 2. The number of hydrogen-bond donors (Lipinski definition) is 1. The number of nitrogens with one attached hydrogen (secondary N) is 1. The molecule has 0 atom stereocenters. The molecular weight excluding hydrogens is 380 g/mol. The maximum Gasteiger partial charge on any atom is 0.321 e. The van der Waals surface area contributed by atoms with Gasteiger partial charge >= 0.3 is 6.03 Å². The average molecular weight is 398 g/mol. The zero-order chi connectivity index (χ0) is 18.7. The van der Waals surface area contributed by atoms with E-state index in [1.807, 2.05) is 18.2 Å². The van der Waals surface area contributed by atoms with Gasteiger partial charge in [-0.05, 0) is 36.4 Å². The summed E-state index contributed by atoms with van der Waals surface area (Å²) in [5, 5.41) is 3.27. The lowest BCUT2D eigenvalue weighted by Gasteiger charge is -2.36. The molecule has 1 fully saturated rings. The van der Waals surface area contributed by atoms with Crippen LogP contribution >= 0.6 is 23.2 Å². The minimum Gasteiger partial charge on any atom is -0.495 e. The summed E-state index contributed by atoms with van der Waals surface area (Å²) in [5.41, 5.74) is 1.45. The summed E-state index contributed by atoms with van der Waals surface area (Å²) in [7, 11) is 1.58. The molecule has 26 heavy (non-hydrogen) atoms. The third kappa shape index (κ3) is 4.14. The van der Waals surface area contributed by atoms with Gasteiger partial charge in [-0.3, -0.25) is 0 Å². The number of halogens is 3. The molecule has 2 aromatic carbocycles. The number of piperazine rings is 1. The molecule has 1 N–H and O–H groups in total. The molecule has 5 nitrogen and oxygen atoms in total. The molecule has 0 saturated carbocycles. The summed E-state index contributed by atoms with van der Waals surface area (Å²) >= 11 is 11.9. The summed E-state index contributed by atoms with van der Waals surface area (Å²) in [6.45, 7) is 2.48. The van der Waals surface area contributed by atoms with Gasteiger partial charge in [-0.2, -0.15) is 0 Å². The largest absolute Gasteiger partial charge is 0.495 e. The molecule has 2 amide bonds. The highest BCUT2D eigenvalue weighted by Crippen LogP contribution is 2.29. The number of amides is 2. The second kappa shape index (κ2) is 8.01. The maximum absolute atomic E-state index is 13.2. The summed E-state index contributed by atoms with van der Waals surface area (Å²) < 4.78 is 18.4. The standard InChI is InChI=1S/C18H18Cl2FN3O2/c1-26-17-5-3-13(11-15(17)20)23-6-8-24(9-7-23)18(25)22-12-2-4-16(21)14(19)10-12/h2-5,10-11H,6-9H2,1H3,(H,22,25). The molecule has 8 heteroatoms. The second-order valence-electron chi connectivity index (χ2n) is 5.85. The Balaban J connectivity index is 1.58. The molecule has 1 aliphatic rings. The Kier molecular flexibility index (Phi) is 5.74. The van der Waals surface area contributed by atoms with E-state index >= 15 is 0 Å². The van der Waals surface area contributed by atoms with E-state index in [2.05, 4.69) is 10.2 Å². The van der Waals surface area contributed by atoms with E-state index < -0.39 is 5.82 Å². The fourth-order valence-electron chi connectivity index (χ4n) is 2.80. The molecule has 3 rings (SSSR count). The molecular formula is C18H18Cl2FN3O2. The topological polar surface area (TPSA) is 44.8 Å². The van der Waals surface area contributed by atoms with Gasteiger partial charge in [-0.15, -0.1) is 0 Å². The smallest absolute Gasteiger partial charge is 0.321 e. The van der Waals surface area contributed by atoms with Crippen LogP contribution in [0.4, 0.5) is 20.6 Å². The van der Waals surface area contributed by atoms with Crippen LogP contribution in [0.15, 0.2) is 36.4 Å².